The molecule has 0 bridgehead atoms. The van der Waals surface area contributed by atoms with Crippen molar-refractivity contribution in [2.24, 2.45) is 5.41 Å². The third-order valence-corrected chi connectivity index (χ3v) is 2.16. The quantitative estimate of drug-likeness (QED) is 0.578. The Morgan fingerprint density at radius 3 is 2.60 bits per heavy atom. The molecule has 0 saturated carbocycles. The molecule has 1 aliphatic rings. The number of hydrogen-bond acceptors (Lipinski definition) is 3. The molecule has 0 spiro atoms. The molecule has 1 saturated heterocycles. The van der Waals surface area contributed by atoms with Gasteiger partial charge >= 0.3 is 0 Å². The summed E-state index contributed by atoms with van der Waals surface area (Å²) in [5.74, 6) is 0. The third-order valence-electron chi connectivity index (χ3n) is 2.16. The highest BCUT2D eigenvalue weighted by Gasteiger charge is 2.33. The Labute approximate surface area is 60.6 Å². The van der Waals surface area contributed by atoms with Crippen LogP contribution in [-0.4, -0.2) is 36.6 Å². The molecule has 0 unspecified atom stereocenters. The maximum absolute atomic E-state index is 8.96. The van der Waals surface area contributed by atoms with Gasteiger partial charge < -0.3 is 14.9 Å². The van der Waals surface area contributed by atoms with Crippen molar-refractivity contribution in [2.75, 3.05) is 26.4 Å². The molecule has 0 aromatic carbocycles. The fourth-order valence-corrected chi connectivity index (χ4v) is 1.29. The molecule has 10 heavy (non-hydrogen) atoms. The van der Waals surface area contributed by atoms with Crippen molar-refractivity contribution in [3.05, 3.63) is 0 Å². The minimum absolute atomic E-state index is 0.130. The van der Waals surface area contributed by atoms with Gasteiger partial charge in [0.1, 0.15) is 0 Å². The van der Waals surface area contributed by atoms with Crippen LogP contribution in [0.25, 0.3) is 0 Å². The largest absolute Gasteiger partial charge is 0.396 e. The van der Waals surface area contributed by atoms with Crippen LogP contribution in [-0.2, 0) is 4.74 Å². The van der Waals surface area contributed by atoms with Crippen molar-refractivity contribution in [3.8, 4) is 0 Å². The van der Waals surface area contributed by atoms with E-state index in [9.17, 15) is 0 Å². The summed E-state index contributed by atoms with van der Waals surface area (Å²) >= 11 is 0. The van der Waals surface area contributed by atoms with Crippen molar-refractivity contribution < 1.29 is 14.9 Å². The molecule has 60 valence electrons. The van der Waals surface area contributed by atoms with E-state index >= 15 is 0 Å². The highest BCUT2D eigenvalue weighted by molar-refractivity contribution is 4.81. The topological polar surface area (TPSA) is 49.7 Å². The van der Waals surface area contributed by atoms with Gasteiger partial charge in [0.25, 0.3) is 0 Å². The van der Waals surface area contributed by atoms with Crippen LogP contribution in [0.5, 0.6) is 0 Å². The van der Waals surface area contributed by atoms with Gasteiger partial charge in [0.2, 0.25) is 0 Å². The molecule has 1 rings (SSSR count). The van der Waals surface area contributed by atoms with Crippen molar-refractivity contribution in [1.82, 2.24) is 0 Å². The van der Waals surface area contributed by atoms with E-state index in [1.165, 1.54) is 0 Å². The molecule has 0 aromatic rings. The van der Waals surface area contributed by atoms with E-state index in [0.717, 1.165) is 13.0 Å². The van der Waals surface area contributed by atoms with Crippen LogP contribution in [0.1, 0.15) is 12.8 Å². The second-order valence-electron chi connectivity index (χ2n) is 2.93. The van der Waals surface area contributed by atoms with Gasteiger partial charge in [-0.25, -0.2) is 0 Å². The molecule has 0 aliphatic carbocycles. The van der Waals surface area contributed by atoms with Gasteiger partial charge in [0, 0.05) is 18.6 Å². The Bertz CT molecular complexity index is 97.0. The van der Waals surface area contributed by atoms with Gasteiger partial charge in [0.15, 0.2) is 0 Å². The lowest BCUT2D eigenvalue weighted by molar-refractivity contribution is 0.0700. The van der Waals surface area contributed by atoms with Crippen LogP contribution >= 0.6 is 0 Å². The number of aliphatic hydroxyl groups excluding tert-OH is 2. The summed E-state index contributed by atoms with van der Waals surface area (Å²) in [5, 5.41) is 17.6. The highest BCUT2D eigenvalue weighted by Crippen LogP contribution is 2.30. The first-order valence-corrected chi connectivity index (χ1v) is 3.62. The van der Waals surface area contributed by atoms with Crippen molar-refractivity contribution in [1.29, 1.82) is 0 Å². The van der Waals surface area contributed by atoms with E-state index in [-0.39, 0.29) is 18.6 Å². The van der Waals surface area contributed by atoms with Crippen LogP contribution in [0.2, 0.25) is 0 Å². The van der Waals surface area contributed by atoms with Crippen LogP contribution in [0, 0.1) is 5.41 Å². The van der Waals surface area contributed by atoms with Crippen molar-refractivity contribution in [3.63, 3.8) is 0 Å². The Morgan fingerprint density at radius 1 is 1.40 bits per heavy atom. The normalized spacial score (nSPS) is 33.0. The van der Waals surface area contributed by atoms with Crippen molar-refractivity contribution >= 4 is 0 Å². The maximum Gasteiger partial charge on any atom is 0.0546 e. The predicted octanol–water partition coefficient (Wildman–Crippen LogP) is -0.232. The van der Waals surface area contributed by atoms with E-state index in [1.54, 1.807) is 0 Å². The Hall–Kier alpha value is -0.120. The Morgan fingerprint density at radius 2 is 2.20 bits per heavy atom. The molecule has 1 aliphatic heterocycles. The molecule has 1 heterocycles. The molecule has 0 aromatic heterocycles. The van der Waals surface area contributed by atoms with E-state index in [4.69, 9.17) is 14.9 Å². The van der Waals surface area contributed by atoms with Crippen LogP contribution in [0.4, 0.5) is 0 Å². The summed E-state index contributed by atoms with van der Waals surface area (Å²) in [6, 6.07) is 0. The van der Waals surface area contributed by atoms with Crippen LogP contribution in [0.15, 0.2) is 0 Å². The summed E-state index contributed by atoms with van der Waals surface area (Å²) in [4.78, 5) is 0. The average Bonchev–Trinajstić information content (AvgIpc) is 2.39. The first-order valence-electron chi connectivity index (χ1n) is 3.62. The van der Waals surface area contributed by atoms with Gasteiger partial charge in [0.05, 0.1) is 13.2 Å². The van der Waals surface area contributed by atoms with Gasteiger partial charge in [-0.3, -0.25) is 0 Å². The molecule has 3 heteroatoms. The first-order chi connectivity index (χ1) is 4.83. The minimum atomic E-state index is -0.130. The molecule has 1 fully saturated rings. The SMILES string of the molecule is OCC[C@@]1(CO)CCOC1. The minimum Gasteiger partial charge on any atom is -0.396 e. The van der Waals surface area contributed by atoms with Gasteiger partial charge in [-0.1, -0.05) is 0 Å². The van der Waals surface area contributed by atoms with Crippen molar-refractivity contribution in [2.45, 2.75) is 12.8 Å². The van der Waals surface area contributed by atoms with E-state index in [0.29, 0.717) is 13.0 Å². The van der Waals surface area contributed by atoms with E-state index in [1.807, 2.05) is 0 Å². The van der Waals surface area contributed by atoms with E-state index in [2.05, 4.69) is 0 Å². The molecule has 2 N–H and O–H groups in total. The number of hydrogen-bond donors (Lipinski definition) is 2. The number of aliphatic hydroxyl groups is 2. The Balaban J connectivity index is 2.41. The standard InChI is InChI=1S/C7H14O3/c8-3-1-7(5-9)2-4-10-6-7/h8-9H,1-6H2/t7-/m0/s1. The fourth-order valence-electron chi connectivity index (χ4n) is 1.29. The molecule has 0 amide bonds. The zero-order valence-corrected chi connectivity index (χ0v) is 6.05. The lowest BCUT2D eigenvalue weighted by Crippen LogP contribution is -2.26. The second-order valence-corrected chi connectivity index (χ2v) is 2.93. The Kier molecular flexibility index (Phi) is 2.65. The lowest BCUT2D eigenvalue weighted by Gasteiger charge is -2.22. The molecular formula is C7H14O3. The predicted molar refractivity (Wildman–Crippen MR) is 36.7 cm³/mol. The van der Waals surface area contributed by atoms with Gasteiger partial charge in [-0.05, 0) is 12.8 Å². The van der Waals surface area contributed by atoms with Crippen LogP contribution < -0.4 is 0 Å². The fraction of sp³-hybridized carbons (Fsp3) is 1.00. The molecular weight excluding hydrogens is 132 g/mol. The number of rotatable bonds is 3. The summed E-state index contributed by atoms with van der Waals surface area (Å²) in [5.41, 5.74) is -0.130. The smallest absolute Gasteiger partial charge is 0.0546 e. The highest BCUT2D eigenvalue weighted by atomic mass is 16.5. The zero-order valence-electron chi connectivity index (χ0n) is 6.05. The summed E-state index contributed by atoms with van der Waals surface area (Å²) in [6.07, 6.45) is 1.54. The molecule has 3 nitrogen and oxygen atoms in total. The zero-order chi connectivity index (χ0) is 7.45. The number of ether oxygens (including phenoxy) is 1. The average molecular weight is 146 g/mol. The lowest BCUT2D eigenvalue weighted by atomic mass is 9.85. The first kappa shape index (κ1) is 7.98. The van der Waals surface area contributed by atoms with Crippen LogP contribution in [0.3, 0.4) is 0 Å². The summed E-state index contributed by atoms with van der Waals surface area (Å²) < 4.78 is 5.13. The van der Waals surface area contributed by atoms with Gasteiger partial charge in [-0.2, -0.15) is 0 Å². The monoisotopic (exact) mass is 146 g/mol. The van der Waals surface area contributed by atoms with Gasteiger partial charge in [-0.15, -0.1) is 0 Å². The summed E-state index contributed by atoms with van der Waals surface area (Å²) in [6.45, 7) is 1.60. The molecule has 1 atom stereocenters. The molecule has 0 radical (unpaired) electrons. The maximum atomic E-state index is 8.96. The summed E-state index contributed by atoms with van der Waals surface area (Å²) in [7, 11) is 0. The third kappa shape index (κ3) is 1.48. The van der Waals surface area contributed by atoms with E-state index < -0.39 is 0 Å². The second kappa shape index (κ2) is 3.32.